The molecule has 1 aromatic rings. The number of ether oxygens (including phenoxy) is 2. The summed E-state index contributed by atoms with van der Waals surface area (Å²) in [7, 11) is 0. The third-order valence-corrected chi connectivity index (χ3v) is 3.70. The molecule has 1 atom stereocenters. The van der Waals surface area contributed by atoms with Crippen molar-refractivity contribution in [2.24, 2.45) is 0 Å². The minimum atomic E-state index is 0.0298. The Bertz CT molecular complexity index is 383. The molecule has 0 bridgehead atoms. The lowest BCUT2D eigenvalue weighted by Crippen LogP contribution is -2.25. The normalized spacial score (nSPS) is 19.7. The quantitative estimate of drug-likeness (QED) is 0.598. The van der Waals surface area contributed by atoms with Gasteiger partial charge in [-0.3, -0.25) is 4.79 Å². The molecule has 0 saturated carbocycles. The molecule has 0 radical (unpaired) electrons. The molecule has 0 N–H and O–H groups in total. The van der Waals surface area contributed by atoms with Crippen LogP contribution in [0.5, 0.6) is 0 Å². The fraction of sp³-hybridized carbons (Fsp3) is 0.500. The predicted octanol–water partition coefficient (Wildman–Crippen LogP) is 3.06. The first-order valence-electron chi connectivity index (χ1n) is 6.24. The van der Waals surface area contributed by atoms with Gasteiger partial charge in [0.15, 0.2) is 5.78 Å². The third-order valence-electron chi connectivity index (χ3n) is 2.98. The first kappa shape index (κ1) is 14.0. The third kappa shape index (κ3) is 4.33. The highest BCUT2D eigenvalue weighted by Gasteiger charge is 2.14. The van der Waals surface area contributed by atoms with Gasteiger partial charge in [-0.05, 0) is 54.0 Å². The monoisotopic (exact) mass is 360 g/mol. The molecule has 0 spiro atoms. The summed E-state index contributed by atoms with van der Waals surface area (Å²) in [6.45, 7) is 1.48. The van der Waals surface area contributed by atoms with Crippen LogP contribution in [0.15, 0.2) is 24.3 Å². The molecule has 4 heteroatoms. The van der Waals surface area contributed by atoms with Crippen molar-refractivity contribution in [2.45, 2.75) is 25.4 Å². The zero-order chi connectivity index (χ0) is 12.8. The van der Waals surface area contributed by atoms with E-state index >= 15 is 0 Å². The van der Waals surface area contributed by atoms with Crippen molar-refractivity contribution in [2.75, 3.05) is 19.8 Å². The summed E-state index contributed by atoms with van der Waals surface area (Å²) >= 11 is 2.22. The van der Waals surface area contributed by atoms with E-state index in [0.717, 1.165) is 23.0 Å². The van der Waals surface area contributed by atoms with E-state index in [-0.39, 0.29) is 18.5 Å². The van der Waals surface area contributed by atoms with E-state index in [0.29, 0.717) is 12.2 Å². The maximum atomic E-state index is 11.8. The molecular weight excluding hydrogens is 343 g/mol. The minimum absolute atomic E-state index is 0.0298. The number of carbonyl (C=O) groups is 1. The van der Waals surface area contributed by atoms with Gasteiger partial charge in [-0.2, -0.15) is 0 Å². The summed E-state index contributed by atoms with van der Waals surface area (Å²) in [5, 5.41) is 0. The zero-order valence-corrected chi connectivity index (χ0v) is 12.4. The van der Waals surface area contributed by atoms with Crippen molar-refractivity contribution in [1.29, 1.82) is 0 Å². The zero-order valence-electron chi connectivity index (χ0n) is 10.2. The van der Waals surface area contributed by atoms with Gasteiger partial charge in [-0.15, -0.1) is 0 Å². The molecule has 0 aliphatic carbocycles. The molecule has 2 rings (SSSR count). The molecule has 0 aromatic heterocycles. The van der Waals surface area contributed by atoms with E-state index < -0.39 is 0 Å². The lowest BCUT2D eigenvalue weighted by molar-refractivity contribution is -0.0370. The smallest absolute Gasteiger partial charge is 0.188 e. The Hall–Kier alpha value is -0.460. The largest absolute Gasteiger partial charge is 0.376 e. The minimum Gasteiger partial charge on any atom is -0.376 e. The van der Waals surface area contributed by atoms with E-state index in [9.17, 15) is 4.79 Å². The number of ketones is 1. The van der Waals surface area contributed by atoms with Crippen LogP contribution in [-0.2, 0) is 9.47 Å². The molecule has 18 heavy (non-hydrogen) atoms. The van der Waals surface area contributed by atoms with Crippen molar-refractivity contribution in [3.8, 4) is 0 Å². The van der Waals surface area contributed by atoms with Gasteiger partial charge in [-0.1, -0.05) is 12.1 Å². The van der Waals surface area contributed by atoms with Crippen LogP contribution >= 0.6 is 22.6 Å². The molecule has 0 amide bonds. The molecule has 3 nitrogen and oxygen atoms in total. The highest BCUT2D eigenvalue weighted by Crippen LogP contribution is 2.13. The number of hydrogen-bond acceptors (Lipinski definition) is 3. The summed E-state index contributed by atoms with van der Waals surface area (Å²) < 4.78 is 12.1. The second kappa shape index (κ2) is 7.21. The summed E-state index contributed by atoms with van der Waals surface area (Å²) in [6, 6.07) is 7.53. The molecule has 1 fully saturated rings. The Morgan fingerprint density at radius 3 is 2.78 bits per heavy atom. The first-order valence-corrected chi connectivity index (χ1v) is 7.32. The summed E-state index contributed by atoms with van der Waals surface area (Å²) in [4.78, 5) is 11.8. The van der Waals surface area contributed by atoms with E-state index in [1.165, 1.54) is 6.42 Å². The highest BCUT2D eigenvalue weighted by molar-refractivity contribution is 14.1. The number of benzene rings is 1. The van der Waals surface area contributed by atoms with Crippen molar-refractivity contribution < 1.29 is 14.3 Å². The van der Waals surface area contributed by atoms with Gasteiger partial charge < -0.3 is 9.47 Å². The van der Waals surface area contributed by atoms with Gasteiger partial charge in [0.25, 0.3) is 0 Å². The predicted molar refractivity (Wildman–Crippen MR) is 77.9 cm³/mol. The van der Waals surface area contributed by atoms with E-state index in [4.69, 9.17) is 9.47 Å². The molecule has 1 heterocycles. The Labute approximate surface area is 121 Å². The van der Waals surface area contributed by atoms with Crippen LogP contribution in [0.4, 0.5) is 0 Å². The average Bonchev–Trinajstić information content (AvgIpc) is 2.40. The lowest BCUT2D eigenvalue weighted by atomic mass is 10.1. The maximum absolute atomic E-state index is 11.8. The van der Waals surface area contributed by atoms with Gasteiger partial charge in [0.05, 0.1) is 12.7 Å². The van der Waals surface area contributed by atoms with Crippen LogP contribution in [0.25, 0.3) is 0 Å². The Morgan fingerprint density at radius 2 is 2.11 bits per heavy atom. The highest BCUT2D eigenvalue weighted by atomic mass is 127. The number of rotatable bonds is 5. The van der Waals surface area contributed by atoms with E-state index in [2.05, 4.69) is 22.6 Å². The number of Topliss-reactive ketones (excluding diaryl/α,β-unsaturated/α-hetero) is 1. The van der Waals surface area contributed by atoms with Crippen LogP contribution in [0.2, 0.25) is 0 Å². The average molecular weight is 360 g/mol. The number of carbonyl (C=O) groups excluding carboxylic acids is 1. The number of halogens is 1. The maximum Gasteiger partial charge on any atom is 0.188 e. The summed E-state index contributed by atoms with van der Waals surface area (Å²) in [5.41, 5.74) is 0.708. The standard InChI is InChI=1S/C14H17IO3/c15-12-6-4-11(5-7-12)14(16)10-17-9-13-3-1-2-8-18-13/h4-7,13H,1-3,8-10H2. The van der Waals surface area contributed by atoms with Crippen molar-refractivity contribution in [1.82, 2.24) is 0 Å². The molecular formula is C14H17IO3. The Morgan fingerprint density at radius 1 is 1.33 bits per heavy atom. The van der Waals surface area contributed by atoms with Gasteiger partial charge >= 0.3 is 0 Å². The molecule has 1 aromatic carbocycles. The van der Waals surface area contributed by atoms with Crippen LogP contribution in [0.3, 0.4) is 0 Å². The van der Waals surface area contributed by atoms with Crippen molar-refractivity contribution in [3.63, 3.8) is 0 Å². The molecule has 1 aliphatic heterocycles. The molecule has 1 aliphatic rings. The van der Waals surface area contributed by atoms with Crippen LogP contribution in [-0.4, -0.2) is 31.7 Å². The van der Waals surface area contributed by atoms with Gasteiger partial charge in [0, 0.05) is 15.7 Å². The second-order valence-corrected chi connectivity index (χ2v) is 5.68. The molecule has 1 saturated heterocycles. The topological polar surface area (TPSA) is 35.5 Å². The lowest BCUT2D eigenvalue weighted by Gasteiger charge is -2.22. The fourth-order valence-corrected chi connectivity index (χ4v) is 2.30. The van der Waals surface area contributed by atoms with Crippen molar-refractivity contribution >= 4 is 28.4 Å². The van der Waals surface area contributed by atoms with Crippen LogP contribution in [0, 0.1) is 3.57 Å². The molecule has 98 valence electrons. The first-order chi connectivity index (χ1) is 8.75. The SMILES string of the molecule is O=C(COCC1CCCCO1)c1ccc(I)cc1. The van der Waals surface area contributed by atoms with Gasteiger partial charge in [0.1, 0.15) is 6.61 Å². The summed E-state index contributed by atoms with van der Waals surface area (Å²) in [5.74, 6) is 0.0298. The Kier molecular flexibility index (Phi) is 5.59. The number of hydrogen-bond donors (Lipinski definition) is 0. The van der Waals surface area contributed by atoms with Crippen LogP contribution < -0.4 is 0 Å². The van der Waals surface area contributed by atoms with Crippen LogP contribution in [0.1, 0.15) is 29.6 Å². The second-order valence-electron chi connectivity index (χ2n) is 4.43. The molecule has 1 unspecified atom stereocenters. The van der Waals surface area contributed by atoms with Gasteiger partial charge in [-0.25, -0.2) is 0 Å². The summed E-state index contributed by atoms with van der Waals surface area (Å²) in [6.07, 6.45) is 3.54. The Balaban J connectivity index is 1.72. The van der Waals surface area contributed by atoms with E-state index in [1.807, 2.05) is 24.3 Å². The van der Waals surface area contributed by atoms with E-state index in [1.54, 1.807) is 0 Å². The van der Waals surface area contributed by atoms with Crippen molar-refractivity contribution in [3.05, 3.63) is 33.4 Å². The van der Waals surface area contributed by atoms with Gasteiger partial charge in [0.2, 0.25) is 0 Å². The fourth-order valence-electron chi connectivity index (χ4n) is 1.94.